The molecule has 1 aromatic heterocycles. The van der Waals surface area contributed by atoms with Crippen LogP contribution in [0.2, 0.25) is 0 Å². The van der Waals surface area contributed by atoms with E-state index in [0.717, 1.165) is 23.5 Å². The Morgan fingerprint density at radius 3 is 2.86 bits per heavy atom. The monoisotopic (exact) mass is 306 g/mol. The van der Waals surface area contributed by atoms with Crippen LogP contribution >= 0.6 is 12.2 Å². The van der Waals surface area contributed by atoms with Crippen molar-refractivity contribution >= 4 is 23.3 Å². The molecule has 0 aliphatic rings. The summed E-state index contributed by atoms with van der Waals surface area (Å²) in [4.78, 5) is 6.97. The molecule has 0 saturated heterocycles. The highest BCUT2D eigenvalue weighted by Gasteiger charge is 2.05. The van der Waals surface area contributed by atoms with E-state index in [4.69, 9.17) is 21.7 Å². The third kappa shape index (κ3) is 4.35. The van der Waals surface area contributed by atoms with Gasteiger partial charge in [-0.15, -0.1) is 0 Å². The zero-order valence-corrected chi connectivity index (χ0v) is 12.8. The van der Waals surface area contributed by atoms with Crippen LogP contribution in [0.4, 0.5) is 5.95 Å². The Labute approximate surface area is 128 Å². The van der Waals surface area contributed by atoms with Crippen molar-refractivity contribution in [2.24, 2.45) is 0 Å². The van der Waals surface area contributed by atoms with E-state index in [9.17, 15) is 0 Å². The molecule has 3 N–H and O–H groups in total. The molecule has 7 heteroatoms. The van der Waals surface area contributed by atoms with Crippen molar-refractivity contribution in [2.75, 3.05) is 26.1 Å². The Bertz CT molecular complexity index is 587. The minimum absolute atomic E-state index is 0.520. The van der Waals surface area contributed by atoms with Gasteiger partial charge in [-0.3, -0.25) is 0 Å². The van der Waals surface area contributed by atoms with Gasteiger partial charge in [-0.05, 0) is 42.4 Å². The molecule has 0 aliphatic carbocycles. The Hall–Kier alpha value is -2.28. The van der Waals surface area contributed by atoms with Crippen molar-refractivity contribution in [1.29, 1.82) is 0 Å². The predicted molar refractivity (Wildman–Crippen MR) is 86.1 cm³/mol. The lowest BCUT2D eigenvalue weighted by atomic mass is 10.1. The lowest BCUT2D eigenvalue weighted by Crippen LogP contribution is -2.30. The molecule has 21 heavy (non-hydrogen) atoms. The first-order chi connectivity index (χ1) is 10.2. The van der Waals surface area contributed by atoms with Crippen LogP contribution in [0.25, 0.3) is 0 Å². The van der Waals surface area contributed by atoms with E-state index in [2.05, 4.69) is 20.6 Å². The fourth-order valence-electron chi connectivity index (χ4n) is 1.87. The molecule has 0 fully saturated rings. The summed E-state index contributed by atoms with van der Waals surface area (Å²) in [6, 6.07) is 5.73. The van der Waals surface area contributed by atoms with Crippen LogP contribution in [-0.2, 0) is 6.42 Å². The third-order valence-electron chi connectivity index (χ3n) is 2.90. The first kappa shape index (κ1) is 15.1. The zero-order valence-electron chi connectivity index (χ0n) is 12.0. The van der Waals surface area contributed by atoms with Gasteiger partial charge in [0.25, 0.3) is 0 Å². The smallest absolute Gasteiger partial charge is 0.206 e. The highest BCUT2D eigenvalue weighted by atomic mass is 32.1. The molecule has 1 aromatic carbocycles. The molecule has 112 valence electrons. The molecule has 0 unspecified atom stereocenters. The average molecular weight is 306 g/mol. The number of nitrogens with one attached hydrogen (secondary N) is 3. The highest BCUT2D eigenvalue weighted by Crippen LogP contribution is 2.24. The third-order valence-corrected chi connectivity index (χ3v) is 3.14. The van der Waals surface area contributed by atoms with Crippen molar-refractivity contribution < 1.29 is 9.47 Å². The molecule has 0 bridgehead atoms. The van der Waals surface area contributed by atoms with Gasteiger partial charge in [-0.1, -0.05) is 0 Å². The standard InChI is InChI=1S/C14H18N4O2S/c1-19-11-3-4-12(20-2)10(9-11)5-6-17-14(21)18-13-15-7-8-16-13/h3-4,7-9H,5-6H2,1-2H3,(H3,15,16,17,18,21). The fourth-order valence-corrected chi connectivity index (χ4v) is 2.07. The number of benzene rings is 1. The number of anilines is 1. The molecule has 2 aromatic rings. The molecular weight excluding hydrogens is 288 g/mol. The molecule has 0 aliphatic heterocycles. The maximum Gasteiger partial charge on any atom is 0.206 e. The molecule has 0 saturated carbocycles. The molecule has 6 nitrogen and oxygen atoms in total. The van der Waals surface area contributed by atoms with E-state index < -0.39 is 0 Å². The van der Waals surface area contributed by atoms with E-state index in [1.807, 2.05) is 18.2 Å². The number of H-pyrrole nitrogens is 1. The number of imidazole rings is 1. The summed E-state index contributed by atoms with van der Waals surface area (Å²) in [5, 5.41) is 6.60. The summed E-state index contributed by atoms with van der Waals surface area (Å²) >= 11 is 5.19. The van der Waals surface area contributed by atoms with Gasteiger partial charge in [-0.25, -0.2) is 4.98 Å². The summed E-state index contributed by atoms with van der Waals surface area (Å²) in [5.74, 6) is 2.26. The van der Waals surface area contributed by atoms with Crippen LogP contribution < -0.4 is 20.1 Å². The maximum absolute atomic E-state index is 5.34. The van der Waals surface area contributed by atoms with E-state index in [-0.39, 0.29) is 0 Å². The number of rotatable bonds is 6. The van der Waals surface area contributed by atoms with Gasteiger partial charge in [0.15, 0.2) is 5.11 Å². The average Bonchev–Trinajstić information content (AvgIpc) is 3.00. The van der Waals surface area contributed by atoms with Crippen LogP contribution in [0.1, 0.15) is 5.56 Å². The number of aromatic nitrogens is 2. The maximum atomic E-state index is 5.34. The fraction of sp³-hybridized carbons (Fsp3) is 0.286. The molecule has 0 radical (unpaired) electrons. The van der Waals surface area contributed by atoms with Crippen LogP contribution in [-0.4, -0.2) is 35.8 Å². The number of thiocarbonyl (C=S) groups is 1. The molecule has 2 rings (SSSR count). The summed E-state index contributed by atoms with van der Waals surface area (Å²) in [5.41, 5.74) is 1.06. The van der Waals surface area contributed by atoms with Gasteiger partial charge in [0.1, 0.15) is 11.5 Å². The second-order valence-electron chi connectivity index (χ2n) is 4.25. The second-order valence-corrected chi connectivity index (χ2v) is 4.65. The lowest BCUT2D eigenvalue weighted by molar-refractivity contribution is 0.398. The van der Waals surface area contributed by atoms with Crippen molar-refractivity contribution in [3.8, 4) is 11.5 Å². The summed E-state index contributed by atoms with van der Waals surface area (Å²) in [7, 11) is 3.30. The Morgan fingerprint density at radius 1 is 1.33 bits per heavy atom. The van der Waals surface area contributed by atoms with Crippen LogP contribution in [0.3, 0.4) is 0 Å². The lowest BCUT2D eigenvalue weighted by Gasteiger charge is -2.12. The minimum Gasteiger partial charge on any atom is -0.497 e. The van der Waals surface area contributed by atoms with Crippen molar-refractivity contribution in [2.45, 2.75) is 6.42 Å². The Balaban J connectivity index is 1.86. The summed E-state index contributed by atoms with van der Waals surface area (Å²) in [6.45, 7) is 0.677. The molecular formula is C14H18N4O2S. The number of methoxy groups -OCH3 is 2. The largest absolute Gasteiger partial charge is 0.497 e. The first-order valence-corrected chi connectivity index (χ1v) is 6.89. The van der Waals surface area contributed by atoms with Crippen LogP contribution in [0.5, 0.6) is 11.5 Å². The zero-order chi connectivity index (χ0) is 15.1. The quantitative estimate of drug-likeness (QED) is 0.709. The first-order valence-electron chi connectivity index (χ1n) is 6.48. The number of nitrogens with zero attached hydrogens (tertiary/aromatic N) is 1. The van der Waals surface area contributed by atoms with Crippen molar-refractivity contribution in [3.05, 3.63) is 36.2 Å². The van der Waals surface area contributed by atoms with Crippen molar-refractivity contribution in [3.63, 3.8) is 0 Å². The number of aromatic amines is 1. The number of hydrogen-bond acceptors (Lipinski definition) is 4. The molecule has 1 heterocycles. The Kier molecular flexibility index (Phi) is 5.39. The van der Waals surface area contributed by atoms with Crippen molar-refractivity contribution in [1.82, 2.24) is 15.3 Å². The normalized spacial score (nSPS) is 10.0. The molecule has 0 amide bonds. The van der Waals surface area contributed by atoms with E-state index >= 15 is 0 Å². The van der Waals surface area contributed by atoms with Crippen LogP contribution in [0, 0.1) is 0 Å². The minimum atomic E-state index is 0.520. The molecule has 0 atom stereocenters. The van der Waals surface area contributed by atoms with Crippen LogP contribution in [0.15, 0.2) is 30.6 Å². The predicted octanol–water partition coefficient (Wildman–Crippen LogP) is 1.96. The van der Waals surface area contributed by atoms with E-state index in [1.54, 1.807) is 26.6 Å². The van der Waals surface area contributed by atoms with E-state index in [0.29, 0.717) is 17.6 Å². The van der Waals surface area contributed by atoms with Gasteiger partial charge < -0.3 is 25.1 Å². The molecule has 0 spiro atoms. The van der Waals surface area contributed by atoms with E-state index in [1.165, 1.54) is 0 Å². The number of ether oxygens (including phenoxy) is 2. The van der Waals surface area contributed by atoms with Gasteiger partial charge >= 0.3 is 0 Å². The summed E-state index contributed by atoms with van der Waals surface area (Å²) in [6.07, 6.45) is 4.15. The Morgan fingerprint density at radius 2 is 2.19 bits per heavy atom. The van der Waals surface area contributed by atoms with Gasteiger partial charge in [0.05, 0.1) is 14.2 Å². The highest BCUT2D eigenvalue weighted by molar-refractivity contribution is 7.80. The van der Waals surface area contributed by atoms with Gasteiger partial charge in [-0.2, -0.15) is 0 Å². The number of hydrogen-bond donors (Lipinski definition) is 3. The SMILES string of the molecule is COc1ccc(OC)c(CCNC(=S)Nc2ncc[nH]2)c1. The second kappa shape index (κ2) is 7.49. The topological polar surface area (TPSA) is 71.2 Å². The van der Waals surface area contributed by atoms with Gasteiger partial charge in [0, 0.05) is 18.9 Å². The van der Waals surface area contributed by atoms with Gasteiger partial charge in [0.2, 0.25) is 5.95 Å². The summed E-state index contributed by atoms with van der Waals surface area (Å²) < 4.78 is 10.6.